The molecule has 0 radical (unpaired) electrons. The number of likely N-dealkylation sites (tertiary alicyclic amines) is 1. The van der Waals surface area contributed by atoms with Gasteiger partial charge in [0.2, 0.25) is 0 Å². The minimum absolute atomic E-state index is 0. The molecule has 1 spiro atoms. The van der Waals surface area contributed by atoms with E-state index in [1.54, 1.807) is 0 Å². The molecule has 1 aliphatic carbocycles. The van der Waals surface area contributed by atoms with Crippen LogP contribution in [0.5, 0.6) is 0 Å². The van der Waals surface area contributed by atoms with Crippen molar-refractivity contribution in [2.45, 2.75) is 38.8 Å². The molecular formula is C20H28IN5. The maximum absolute atomic E-state index is 4.53. The Hall–Kier alpha value is -1.57. The standard InChI is InChI=1S/C20H27N5.HI/c1-21-19(24-13-10-20(16-24)8-4-9-20)22-14-17-6-2-3-7-18(17)15-25-12-5-11-23-25;/h2-3,5-7,11-12H,4,8-10,13-16H2,1H3,(H,21,22);1H. The maximum Gasteiger partial charge on any atom is 0.193 e. The van der Waals surface area contributed by atoms with Crippen LogP contribution in [0.3, 0.4) is 0 Å². The highest BCUT2D eigenvalue weighted by molar-refractivity contribution is 14.0. The topological polar surface area (TPSA) is 45.5 Å². The van der Waals surface area contributed by atoms with Crippen LogP contribution < -0.4 is 5.32 Å². The van der Waals surface area contributed by atoms with Crippen molar-refractivity contribution >= 4 is 29.9 Å². The van der Waals surface area contributed by atoms with Crippen LogP contribution >= 0.6 is 24.0 Å². The Balaban J connectivity index is 0.00000196. The first-order valence-corrected chi connectivity index (χ1v) is 9.28. The van der Waals surface area contributed by atoms with E-state index in [1.807, 2.05) is 30.2 Å². The maximum atomic E-state index is 4.53. The number of halogens is 1. The van der Waals surface area contributed by atoms with E-state index in [-0.39, 0.29) is 24.0 Å². The number of guanidine groups is 1. The second kappa shape index (κ2) is 8.41. The quantitative estimate of drug-likeness (QED) is 0.427. The van der Waals surface area contributed by atoms with Gasteiger partial charge >= 0.3 is 0 Å². The minimum atomic E-state index is 0. The third kappa shape index (κ3) is 4.05. The zero-order chi connectivity index (χ0) is 17.1. The van der Waals surface area contributed by atoms with E-state index in [0.717, 1.165) is 25.6 Å². The van der Waals surface area contributed by atoms with Crippen molar-refractivity contribution in [3.05, 3.63) is 53.9 Å². The van der Waals surface area contributed by atoms with Crippen LogP contribution in [0.2, 0.25) is 0 Å². The van der Waals surface area contributed by atoms with E-state index in [2.05, 4.69) is 44.6 Å². The van der Waals surface area contributed by atoms with Crippen LogP contribution in [-0.2, 0) is 13.1 Å². The van der Waals surface area contributed by atoms with Crippen molar-refractivity contribution in [2.24, 2.45) is 10.4 Å². The lowest BCUT2D eigenvalue weighted by molar-refractivity contribution is 0.151. The molecule has 0 bridgehead atoms. The molecule has 2 fully saturated rings. The molecule has 1 saturated heterocycles. The number of aliphatic imine (C=N–C) groups is 1. The average Bonchev–Trinajstić information content (AvgIpc) is 3.26. The van der Waals surface area contributed by atoms with Crippen LogP contribution in [0.4, 0.5) is 0 Å². The summed E-state index contributed by atoms with van der Waals surface area (Å²) in [6.07, 6.45) is 9.35. The summed E-state index contributed by atoms with van der Waals surface area (Å²) >= 11 is 0. The van der Waals surface area contributed by atoms with Crippen LogP contribution in [0.15, 0.2) is 47.7 Å². The Morgan fingerprint density at radius 2 is 2.00 bits per heavy atom. The van der Waals surface area contributed by atoms with Crippen LogP contribution in [0, 0.1) is 5.41 Å². The molecule has 26 heavy (non-hydrogen) atoms. The lowest BCUT2D eigenvalue weighted by Crippen LogP contribution is -2.42. The Bertz CT molecular complexity index is 736. The Morgan fingerprint density at radius 1 is 1.19 bits per heavy atom. The predicted molar refractivity (Wildman–Crippen MR) is 116 cm³/mol. The molecule has 1 aromatic heterocycles. The van der Waals surface area contributed by atoms with Gasteiger partial charge in [-0.05, 0) is 41.9 Å². The summed E-state index contributed by atoms with van der Waals surface area (Å²) in [6, 6.07) is 10.5. The Labute approximate surface area is 172 Å². The molecule has 5 nitrogen and oxygen atoms in total. The van der Waals surface area contributed by atoms with Gasteiger partial charge in [-0.2, -0.15) is 5.10 Å². The van der Waals surface area contributed by atoms with E-state index in [1.165, 1.54) is 43.4 Å². The van der Waals surface area contributed by atoms with Gasteiger partial charge in [0, 0.05) is 39.1 Å². The molecule has 2 aromatic rings. The largest absolute Gasteiger partial charge is 0.352 e. The molecule has 2 aliphatic rings. The fraction of sp³-hybridized carbons (Fsp3) is 0.500. The number of nitrogens with one attached hydrogen (secondary N) is 1. The second-order valence-electron chi connectivity index (χ2n) is 7.40. The van der Waals surface area contributed by atoms with Gasteiger partial charge in [0.25, 0.3) is 0 Å². The number of hydrogen-bond acceptors (Lipinski definition) is 2. The summed E-state index contributed by atoms with van der Waals surface area (Å²) in [5.74, 6) is 1.04. The van der Waals surface area contributed by atoms with Gasteiger partial charge in [0.15, 0.2) is 5.96 Å². The normalized spacial score (nSPS) is 18.5. The zero-order valence-corrected chi connectivity index (χ0v) is 17.7. The molecule has 1 aliphatic heterocycles. The van der Waals surface area contributed by atoms with E-state index >= 15 is 0 Å². The van der Waals surface area contributed by atoms with E-state index in [0.29, 0.717) is 5.41 Å². The first-order chi connectivity index (χ1) is 12.3. The van der Waals surface area contributed by atoms with Crippen molar-refractivity contribution in [1.82, 2.24) is 20.0 Å². The highest BCUT2D eigenvalue weighted by atomic mass is 127. The summed E-state index contributed by atoms with van der Waals surface area (Å²) in [6.45, 7) is 3.90. The molecule has 1 saturated carbocycles. The van der Waals surface area contributed by atoms with Crippen molar-refractivity contribution in [2.75, 3.05) is 20.1 Å². The SMILES string of the molecule is CN=C(NCc1ccccc1Cn1cccn1)N1CCC2(CCC2)C1.I. The van der Waals surface area contributed by atoms with Gasteiger partial charge in [-0.15, -0.1) is 24.0 Å². The van der Waals surface area contributed by atoms with Gasteiger partial charge < -0.3 is 10.2 Å². The minimum Gasteiger partial charge on any atom is -0.352 e. The second-order valence-corrected chi connectivity index (χ2v) is 7.40. The van der Waals surface area contributed by atoms with Gasteiger partial charge in [-0.3, -0.25) is 9.67 Å². The third-order valence-corrected chi connectivity index (χ3v) is 5.81. The summed E-state index contributed by atoms with van der Waals surface area (Å²) in [7, 11) is 1.89. The molecule has 0 amide bonds. The molecular weight excluding hydrogens is 437 g/mol. The molecule has 140 valence electrons. The average molecular weight is 465 g/mol. The highest BCUT2D eigenvalue weighted by Gasteiger charge is 2.43. The molecule has 4 rings (SSSR count). The van der Waals surface area contributed by atoms with E-state index < -0.39 is 0 Å². The number of rotatable bonds is 4. The number of benzene rings is 1. The van der Waals surface area contributed by atoms with Gasteiger partial charge in [0.05, 0.1) is 6.54 Å². The summed E-state index contributed by atoms with van der Waals surface area (Å²) in [4.78, 5) is 6.97. The molecule has 0 unspecified atom stereocenters. The summed E-state index contributed by atoms with van der Waals surface area (Å²) in [5.41, 5.74) is 3.19. The molecule has 1 aromatic carbocycles. The molecule has 0 atom stereocenters. The lowest BCUT2D eigenvalue weighted by atomic mass is 9.68. The molecule has 1 N–H and O–H groups in total. The van der Waals surface area contributed by atoms with Gasteiger partial charge in [-0.1, -0.05) is 30.7 Å². The number of hydrogen-bond donors (Lipinski definition) is 1. The first-order valence-electron chi connectivity index (χ1n) is 9.28. The fourth-order valence-electron chi connectivity index (χ4n) is 4.16. The smallest absolute Gasteiger partial charge is 0.193 e. The highest BCUT2D eigenvalue weighted by Crippen LogP contribution is 2.47. The van der Waals surface area contributed by atoms with Crippen LogP contribution in [0.25, 0.3) is 0 Å². The number of aromatic nitrogens is 2. The summed E-state index contributed by atoms with van der Waals surface area (Å²) < 4.78 is 1.97. The van der Waals surface area contributed by atoms with Crippen molar-refractivity contribution < 1.29 is 0 Å². The monoisotopic (exact) mass is 465 g/mol. The molecule has 6 heteroatoms. The Morgan fingerprint density at radius 3 is 2.62 bits per heavy atom. The first kappa shape index (κ1) is 19.2. The van der Waals surface area contributed by atoms with Crippen LogP contribution in [-0.4, -0.2) is 40.8 Å². The van der Waals surface area contributed by atoms with Crippen molar-refractivity contribution in [3.63, 3.8) is 0 Å². The van der Waals surface area contributed by atoms with Crippen LogP contribution in [0.1, 0.15) is 36.8 Å². The molecule has 2 heterocycles. The van der Waals surface area contributed by atoms with E-state index in [4.69, 9.17) is 0 Å². The predicted octanol–water partition coefficient (Wildman–Crippen LogP) is 3.50. The zero-order valence-electron chi connectivity index (χ0n) is 15.4. The van der Waals surface area contributed by atoms with Gasteiger partial charge in [0.1, 0.15) is 0 Å². The van der Waals surface area contributed by atoms with Crippen molar-refractivity contribution in [1.29, 1.82) is 0 Å². The van der Waals surface area contributed by atoms with E-state index in [9.17, 15) is 0 Å². The summed E-state index contributed by atoms with van der Waals surface area (Å²) in [5, 5.41) is 7.90. The Kier molecular flexibility index (Phi) is 6.21. The fourth-order valence-corrected chi connectivity index (χ4v) is 4.16. The third-order valence-electron chi connectivity index (χ3n) is 5.81. The van der Waals surface area contributed by atoms with Gasteiger partial charge in [-0.25, -0.2) is 0 Å². The van der Waals surface area contributed by atoms with Crippen molar-refractivity contribution in [3.8, 4) is 0 Å². The number of nitrogens with zero attached hydrogens (tertiary/aromatic N) is 4. The lowest BCUT2D eigenvalue weighted by Gasteiger charge is -2.38.